The number of aromatic hydroxyl groups is 1. The third kappa shape index (κ3) is 4.33. The highest BCUT2D eigenvalue weighted by molar-refractivity contribution is 7.89. The molecule has 10 heteroatoms. The number of Topliss-reactive ketones (excluding diaryl/α,β-unsaturated/α-hetero) is 1. The van der Waals surface area contributed by atoms with Crippen LogP contribution in [0.2, 0.25) is 0 Å². The molecular formula is C19H16N2O7S. The van der Waals surface area contributed by atoms with Crippen LogP contribution in [0.15, 0.2) is 53.1 Å². The van der Waals surface area contributed by atoms with E-state index in [-0.39, 0.29) is 41.1 Å². The Balaban J connectivity index is 1.95. The molecule has 0 bridgehead atoms. The second kappa shape index (κ2) is 7.49. The van der Waals surface area contributed by atoms with Crippen LogP contribution in [0.4, 0.5) is 5.69 Å². The van der Waals surface area contributed by atoms with Crippen molar-refractivity contribution in [2.75, 3.05) is 5.32 Å². The van der Waals surface area contributed by atoms with E-state index >= 15 is 0 Å². The highest BCUT2D eigenvalue weighted by Gasteiger charge is 2.31. The molecule has 0 amide bonds. The molecule has 2 aromatic rings. The monoisotopic (exact) mass is 416 g/mol. The molecule has 0 heterocycles. The zero-order valence-corrected chi connectivity index (χ0v) is 15.7. The van der Waals surface area contributed by atoms with Gasteiger partial charge in [0.1, 0.15) is 5.75 Å². The molecule has 0 saturated heterocycles. The molecule has 1 aliphatic carbocycles. The van der Waals surface area contributed by atoms with E-state index in [1.165, 1.54) is 30.3 Å². The number of phenols is 1. The molecule has 1 aliphatic rings. The van der Waals surface area contributed by atoms with E-state index in [4.69, 9.17) is 10.2 Å². The second-order valence-electron chi connectivity index (χ2n) is 6.38. The quantitative estimate of drug-likeness (QED) is 0.549. The van der Waals surface area contributed by atoms with E-state index in [0.29, 0.717) is 5.56 Å². The predicted octanol–water partition coefficient (Wildman–Crippen LogP) is 1.43. The van der Waals surface area contributed by atoms with E-state index in [0.717, 1.165) is 12.1 Å². The molecule has 0 aliphatic heterocycles. The minimum atomic E-state index is -4.21. The molecule has 29 heavy (non-hydrogen) atoms. The average molecular weight is 416 g/mol. The van der Waals surface area contributed by atoms with Crippen molar-refractivity contribution in [3.8, 4) is 5.75 Å². The van der Waals surface area contributed by atoms with E-state index in [9.17, 15) is 27.9 Å². The van der Waals surface area contributed by atoms with Crippen LogP contribution in [0.3, 0.4) is 0 Å². The highest BCUT2D eigenvalue weighted by Crippen LogP contribution is 2.29. The Labute approximate surface area is 165 Å². The minimum absolute atomic E-state index is 0.113. The maximum atomic E-state index is 12.8. The minimum Gasteiger partial charge on any atom is -0.508 e. The number of allylic oxidation sites excluding steroid dienone is 2. The smallest absolute Gasteiger partial charge is 0.303 e. The van der Waals surface area contributed by atoms with Crippen molar-refractivity contribution in [1.29, 1.82) is 0 Å². The number of phenolic OH excluding ortho intramolecular Hbond substituents is 1. The van der Waals surface area contributed by atoms with Crippen molar-refractivity contribution in [2.24, 2.45) is 5.14 Å². The van der Waals surface area contributed by atoms with Crippen LogP contribution in [0, 0.1) is 0 Å². The Kier molecular flexibility index (Phi) is 5.23. The number of ketones is 2. The zero-order chi connectivity index (χ0) is 21.3. The number of nitrogens with two attached hydrogens (primary N) is 1. The number of benzene rings is 2. The number of carboxylic acids is 1. The van der Waals surface area contributed by atoms with Gasteiger partial charge in [-0.2, -0.15) is 0 Å². The summed E-state index contributed by atoms with van der Waals surface area (Å²) in [6.07, 6.45) is 0.970. The molecule has 0 aromatic heterocycles. The van der Waals surface area contributed by atoms with Crippen LogP contribution in [0.5, 0.6) is 5.75 Å². The Morgan fingerprint density at radius 1 is 1.14 bits per heavy atom. The van der Waals surface area contributed by atoms with Gasteiger partial charge in [-0.25, -0.2) is 13.6 Å². The SMILES string of the molecule is NS(=O)(=O)c1cccc2c1C(=O)C=C(Nc1cc(O)cc(CCC(=O)O)c1)C2=O. The summed E-state index contributed by atoms with van der Waals surface area (Å²) >= 11 is 0. The molecule has 0 spiro atoms. The second-order valence-corrected chi connectivity index (χ2v) is 7.91. The first-order chi connectivity index (χ1) is 13.6. The summed E-state index contributed by atoms with van der Waals surface area (Å²) in [7, 11) is -4.21. The third-order valence-electron chi connectivity index (χ3n) is 4.23. The van der Waals surface area contributed by atoms with Crippen LogP contribution in [-0.4, -0.2) is 36.2 Å². The topological polar surface area (TPSA) is 164 Å². The summed E-state index contributed by atoms with van der Waals surface area (Å²) in [5.41, 5.74) is 0.260. The van der Waals surface area contributed by atoms with Gasteiger partial charge in [-0.05, 0) is 30.2 Å². The Hall–Kier alpha value is -3.50. The van der Waals surface area contributed by atoms with Gasteiger partial charge in [-0.15, -0.1) is 0 Å². The van der Waals surface area contributed by atoms with E-state index in [1.807, 2.05) is 0 Å². The number of carbonyl (C=O) groups is 3. The van der Waals surface area contributed by atoms with E-state index in [2.05, 4.69) is 5.32 Å². The maximum Gasteiger partial charge on any atom is 0.303 e. The average Bonchev–Trinajstić information content (AvgIpc) is 2.62. The number of anilines is 1. The van der Waals surface area contributed by atoms with Gasteiger partial charge in [0.05, 0.1) is 16.2 Å². The number of rotatable bonds is 6. The summed E-state index contributed by atoms with van der Waals surface area (Å²) in [5.74, 6) is -2.48. The van der Waals surface area contributed by atoms with Gasteiger partial charge in [0.25, 0.3) is 0 Å². The van der Waals surface area contributed by atoms with Crippen molar-refractivity contribution < 1.29 is 33.0 Å². The molecule has 0 fully saturated rings. The Morgan fingerprint density at radius 2 is 1.86 bits per heavy atom. The molecule has 0 saturated carbocycles. The number of carbonyl (C=O) groups excluding carboxylic acids is 2. The summed E-state index contributed by atoms with van der Waals surface area (Å²) < 4.78 is 23.4. The number of primary sulfonamides is 1. The molecule has 5 N–H and O–H groups in total. The van der Waals surface area contributed by atoms with Crippen LogP contribution >= 0.6 is 0 Å². The lowest BCUT2D eigenvalue weighted by Crippen LogP contribution is -2.25. The summed E-state index contributed by atoms with van der Waals surface area (Å²) in [5, 5.41) is 26.5. The number of hydrogen-bond acceptors (Lipinski definition) is 7. The lowest BCUT2D eigenvalue weighted by atomic mass is 9.92. The van der Waals surface area contributed by atoms with E-state index in [1.54, 1.807) is 0 Å². The summed E-state index contributed by atoms with van der Waals surface area (Å²) in [6.45, 7) is 0. The number of aliphatic carboxylic acids is 1. The largest absolute Gasteiger partial charge is 0.508 e. The van der Waals surface area contributed by atoms with Gasteiger partial charge in [0.15, 0.2) is 5.78 Å². The fourth-order valence-electron chi connectivity index (χ4n) is 3.02. The molecule has 2 aromatic carbocycles. The zero-order valence-electron chi connectivity index (χ0n) is 14.9. The van der Waals surface area contributed by atoms with Crippen molar-refractivity contribution >= 4 is 33.2 Å². The number of carboxylic acid groups (broad SMARTS) is 1. The lowest BCUT2D eigenvalue weighted by molar-refractivity contribution is -0.136. The number of fused-ring (bicyclic) bond motifs is 1. The van der Waals surface area contributed by atoms with Gasteiger partial charge in [-0.3, -0.25) is 14.4 Å². The predicted molar refractivity (Wildman–Crippen MR) is 102 cm³/mol. The molecule has 0 radical (unpaired) electrons. The van der Waals surface area contributed by atoms with E-state index < -0.39 is 32.5 Å². The highest BCUT2D eigenvalue weighted by atomic mass is 32.2. The first-order valence-corrected chi connectivity index (χ1v) is 9.89. The number of aryl methyl sites for hydroxylation is 1. The molecule has 9 nitrogen and oxygen atoms in total. The fourth-order valence-corrected chi connectivity index (χ4v) is 3.78. The van der Waals surface area contributed by atoms with Crippen molar-refractivity contribution in [3.63, 3.8) is 0 Å². The van der Waals surface area contributed by atoms with Gasteiger partial charge < -0.3 is 15.5 Å². The Morgan fingerprint density at radius 3 is 2.52 bits per heavy atom. The van der Waals surface area contributed by atoms with Gasteiger partial charge in [0.2, 0.25) is 15.8 Å². The van der Waals surface area contributed by atoms with Crippen molar-refractivity contribution in [2.45, 2.75) is 17.7 Å². The fraction of sp³-hybridized carbons (Fsp3) is 0.105. The third-order valence-corrected chi connectivity index (χ3v) is 5.18. The normalized spacial score (nSPS) is 13.6. The first kappa shape index (κ1) is 20.2. The summed E-state index contributed by atoms with van der Waals surface area (Å²) in [4.78, 5) is 35.6. The summed E-state index contributed by atoms with van der Waals surface area (Å²) in [6, 6.07) is 8.01. The number of nitrogens with one attached hydrogen (secondary N) is 1. The van der Waals surface area contributed by atoms with Crippen LogP contribution in [0.25, 0.3) is 0 Å². The van der Waals surface area contributed by atoms with Crippen molar-refractivity contribution in [3.05, 3.63) is 64.9 Å². The molecule has 3 rings (SSSR count). The molecule has 0 atom stereocenters. The van der Waals surface area contributed by atoms with Gasteiger partial charge in [0, 0.05) is 29.8 Å². The number of hydrogen-bond donors (Lipinski definition) is 4. The lowest BCUT2D eigenvalue weighted by Gasteiger charge is -2.19. The van der Waals surface area contributed by atoms with Crippen LogP contribution in [-0.2, 0) is 21.2 Å². The van der Waals surface area contributed by atoms with Crippen LogP contribution < -0.4 is 10.5 Å². The van der Waals surface area contributed by atoms with Crippen LogP contribution in [0.1, 0.15) is 32.7 Å². The standard InChI is InChI=1S/C19H16N2O7S/c20-29(27,28)16-3-1-2-13-18(16)15(23)9-14(19(13)26)21-11-6-10(4-5-17(24)25)7-12(22)8-11/h1-3,6-9,21-22H,4-5H2,(H,24,25)(H2,20,27,28). The maximum absolute atomic E-state index is 12.8. The first-order valence-electron chi connectivity index (χ1n) is 8.34. The number of sulfonamides is 1. The molecular weight excluding hydrogens is 400 g/mol. The van der Waals surface area contributed by atoms with Crippen molar-refractivity contribution in [1.82, 2.24) is 0 Å². The molecule has 150 valence electrons. The van der Waals surface area contributed by atoms with Gasteiger partial charge >= 0.3 is 5.97 Å². The Bertz CT molecular complexity index is 1180. The molecule has 0 unspecified atom stereocenters. The van der Waals surface area contributed by atoms with Gasteiger partial charge in [-0.1, -0.05) is 12.1 Å².